The fourth-order valence-corrected chi connectivity index (χ4v) is 5.07. The van der Waals surface area contributed by atoms with Crippen LogP contribution in [0.25, 0.3) is 0 Å². The highest BCUT2D eigenvalue weighted by Crippen LogP contribution is 2.37. The Hall–Kier alpha value is -4.53. The Morgan fingerprint density at radius 1 is 1.02 bits per heavy atom. The molecule has 1 atom stereocenters. The summed E-state index contributed by atoms with van der Waals surface area (Å²) in [4.78, 5) is 39.1. The van der Waals surface area contributed by atoms with E-state index in [9.17, 15) is 19.5 Å². The van der Waals surface area contributed by atoms with Crippen molar-refractivity contribution in [2.75, 3.05) is 35.8 Å². The summed E-state index contributed by atoms with van der Waals surface area (Å²) in [5, 5.41) is 15.0. The molecule has 1 aliphatic rings. The summed E-state index contributed by atoms with van der Waals surface area (Å²) >= 11 is 0. The van der Waals surface area contributed by atoms with Crippen LogP contribution in [0.4, 0.5) is 21.9 Å². The Morgan fingerprint density at radius 3 is 2.49 bits per heavy atom. The van der Waals surface area contributed by atoms with Gasteiger partial charge >= 0.3 is 12.0 Å². The highest BCUT2D eigenvalue weighted by atomic mass is 16.5. The minimum absolute atomic E-state index is 0.0415. The number of carbonyl (C=O) groups is 3. The normalized spacial score (nSPS) is 13.1. The molecule has 0 unspecified atom stereocenters. The lowest BCUT2D eigenvalue weighted by Gasteiger charge is -2.31. The molecule has 0 aliphatic carbocycles. The molecule has 3 aromatic rings. The van der Waals surface area contributed by atoms with Crippen LogP contribution in [-0.4, -0.2) is 43.3 Å². The standard InChI is InChI=1S/C32H37N3O6/c1-20(2)15-24(19-31(37)38)23-10-12-27-29(18-23)41-14-13-35(27)30(36)17-22-9-11-26(28(16-22)40-4)34-32(39)33-25-8-6-5-7-21(25)3/h5-12,16,18,20,24H,13-15,17,19H2,1-4H3,(H,37,38)(H2,33,34,39)/t24-/m1/s1. The van der Waals surface area contributed by atoms with Gasteiger partial charge in [0.1, 0.15) is 18.1 Å². The monoisotopic (exact) mass is 559 g/mol. The zero-order chi connectivity index (χ0) is 29.5. The molecule has 41 heavy (non-hydrogen) atoms. The Kier molecular flexibility index (Phi) is 9.49. The number of carboxylic acid groups (broad SMARTS) is 1. The van der Waals surface area contributed by atoms with E-state index in [-0.39, 0.29) is 24.7 Å². The molecule has 3 amide bonds. The number of nitrogens with one attached hydrogen (secondary N) is 2. The van der Waals surface area contributed by atoms with Crippen molar-refractivity contribution in [2.24, 2.45) is 5.92 Å². The Balaban J connectivity index is 1.46. The molecule has 9 nitrogen and oxygen atoms in total. The van der Waals surface area contributed by atoms with Gasteiger partial charge in [0.15, 0.2) is 0 Å². The van der Waals surface area contributed by atoms with Gasteiger partial charge in [0.2, 0.25) is 5.91 Å². The highest BCUT2D eigenvalue weighted by molar-refractivity contribution is 6.01. The Morgan fingerprint density at radius 2 is 1.78 bits per heavy atom. The molecular formula is C32H37N3O6. The predicted molar refractivity (Wildman–Crippen MR) is 159 cm³/mol. The maximum absolute atomic E-state index is 13.4. The van der Waals surface area contributed by atoms with E-state index in [1.54, 1.807) is 23.1 Å². The van der Waals surface area contributed by atoms with Crippen LogP contribution in [0.1, 0.15) is 49.3 Å². The van der Waals surface area contributed by atoms with Crippen molar-refractivity contribution >= 4 is 35.0 Å². The van der Waals surface area contributed by atoms with Crippen molar-refractivity contribution in [1.82, 2.24) is 0 Å². The van der Waals surface area contributed by atoms with Gasteiger partial charge in [-0.2, -0.15) is 0 Å². The molecule has 0 saturated heterocycles. The van der Waals surface area contributed by atoms with Crippen molar-refractivity contribution in [3.63, 3.8) is 0 Å². The third-order valence-corrected chi connectivity index (χ3v) is 7.06. The summed E-state index contributed by atoms with van der Waals surface area (Å²) in [5.41, 5.74) is 4.44. The van der Waals surface area contributed by atoms with Gasteiger partial charge in [0.25, 0.3) is 0 Å². The van der Waals surface area contributed by atoms with Crippen molar-refractivity contribution in [3.8, 4) is 11.5 Å². The van der Waals surface area contributed by atoms with E-state index in [0.29, 0.717) is 47.6 Å². The second-order valence-corrected chi connectivity index (χ2v) is 10.7. The van der Waals surface area contributed by atoms with Gasteiger partial charge in [-0.3, -0.25) is 9.59 Å². The largest absolute Gasteiger partial charge is 0.495 e. The van der Waals surface area contributed by atoms with E-state index in [4.69, 9.17) is 9.47 Å². The molecule has 0 fully saturated rings. The van der Waals surface area contributed by atoms with Gasteiger partial charge < -0.3 is 30.1 Å². The molecule has 0 bridgehead atoms. The van der Waals surface area contributed by atoms with Crippen LogP contribution >= 0.6 is 0 Å². The molecule has 0 spiro atoms. The third kappa shape index (κ3) is 7.57. The number of rotatable bonds is 10. The number of methoxy groups -OCH3 is 1. The van der Waals surface area contributed by atoms with Gasteiger partial charge in [0, 0.05) is 5.69 Å². The quantitative estimate of drug-likeness (QED) is 0.272. The molecule has 216 valence electrons. The maximum Gasteiger partial charge on any atom is 0.323 e. The summed E-state index contributed by atoms with van der Waals surface area (Å²) in [6.07, 6.45) is 0.913. The fraction of sp³-hybridized carbons (Fsp3) is 0.344. The maximum atomic E-state index is 13.4. The van der Waals surface area contributed by atoms with Gasteiger partial charge in [-0.1, -0.05) is 44.2 Å². The molecule has 4 rings (SSSR count). The number of hydrogen-bond donors (Lipinski definition) is 3. The van der Waals surface area contributed by atoms with E-state index < -0.39 is 12.0 Å². The molecule has 0 aromatic heterocycles. The highest BCUT2D eigenvalue weighted by Gasteiger charge is 2.26. The fourth-order valence-electron chi connectivity index (χ4n) is 5.07. The van der Waals surface area contributed by atoms with Crippen LogP contribution < -0.4 is 25.0 Å². The summed E-state index contributed by atoms with van der Waals surface area (Å²) in [5.74, 6) is 0.289. The topological polar surface area (TPSA) is 117 Å². The minimum Gasteiger partial charge on any atom is -0.495 e. The SMILES string of the molecule is COc1cc(CC(=O)N2CCOc3cc([C@@H](CC(=O)O)CC(C)C)ccc32)ccc1NC(=O)Nc1ccccc1C. The summed E-state index contributed by atoms with van der Waals surface area (Å²) < 4.78 is 11.4. The average Bonchev–Trinajstić information content (AvgIpc) is 2.93. The molecule has 3 N–H and O–H groups in total. The summed E-state index contributed by atoms with van der Waals surface area (Å²) in [6.45, 7) is 6.81. The van der Waals surface area contributed by atoms with Gasteiger partial charge in [-0.05, 0) is 72.2 Å². The number of urea groups is 1. The lowest BCUT2D eigenvalue weighted by molar-refractivity contribution is -0.137. The first-order chi connectivity index (χ1) is 19.6. The molecule has 1 heterocycles. The second kappa shape index (κ2) is 13.2. The first kappa shape index (κ1) is 29.5. The van der Waals surface area contributed by atoms with Gasteiger partial charge in [-0.25, -0.2) is 4.79 Å². The van der Waals surface area contributed by atoms with Crippen LogP contribution in [0.3, 0.4) is 0 Å². The number of para-hydroxylation sites is 1. The number of amides is 3. The van der Waals surface area contributed by atoms with Gasteiger partial charge in [0.05, 0.1) is 37.9 Å². The van der Waals surface area contributed by atoms with Crippen molar-refractivity contribution in [2.45, 2.75) is 46.0 Å². The van der Waals surface area contributed by atoms with E-state index in [1.165, 1.54) is 7.11 Å². The van der Waals surface area contributed by atoms with Crippen LogP contribution in [0.15, 0.2) is 60.7 Å². The lowest BCUT2D eigenvalue weighted by Crippen LogP contribution is -2.39. The molecular weight excluding hydrogens is 522 g/mol. The summed E-state index contributed by atoms with van der Waals surface area (Å²) in [6, 6.07) is 18.0. The number of carbonyl (C=O) groups excluding carboxylic acids is 2. The number of anilines is 3. The second-order valence-electron chi connectivity index (χ2n) is 10.7. The van der Waals surface area contributed by atoms with Crippen molar-refractivity contribution < 1.29 is 29.0 Å². The molecule has 0 radical (unpaired) electrons. The van der Waals surface area contributed by atoms with E-state index >= 15 is 0 Å². The lowest BCUT2D eigenvalue weighted by atomic mass is 9.87. The molecule has 1 aliphatic heterocycles. The number of aliphatic carboxylic acids is 1. The molecule has 0 saturated carbocycles. The zero-order valence-corrected chi connectivity index (χ0v) is 23.9. The smallest absolute Gasteiger partial charge is 0.323 e. The third-order valence-electron chi connectivity index (χ3n) is 7.06. The predicted octanol–water partition coefficient (Wildman–Crippen LogP) is 6.22. The molecule has 3 aromatic carbocycles. The first-order valence-electron chi connectivity index (χ1n) is 13.7. The van der Waals surface area contributed by atoms with Gasteiger partial charge in [-0.15, -0.1) is 0 Å². The number of nitrogens with zero attached hydrogens (tertiary/aromatic N) is 1. The van der Waals surface area contributed by atoms with E-state index in [0.717, 1.165) is 23.1 Å². The number of hydrogen-bond acceptors (Lipinski definition) is 5. The first-order valence-corrected chi connectivity index (χ1v) is 13.7. The van der Waals surface area contributed by atoms with Crippen molar-refractivity contribution in [1.29, 1.82) is 0 Å². The van der Waals surface area contributed by atoms with Crippen LogP contribution in [0, 0.1) is 12.8 Å². The van der Waals surface area contributed by atoms with E-state index in [1.807, 2.05) is 49.4 Å². The van der Waals surface area contributed by atoms with Crippen LogP contribution in [-0.2, 0) is 16.0 Å². The van der Waals surface area contributed by atoms with Crippen LogP contribution in [0.2, 0.25) is 0 Å². The van der Waals surface area contributed by atoms with Crippen LogP contribution in [0.5, 0.6) is 11.5 Å². The number of carboxylic acids is 1. The Labute approximate surface area is 240 Å². The molecule has 9 heteroatoms. The Bertz CT molecular complexity index is 1420. The average molecular weight is 560 g/mol. The minimum atomic E-state index is -0.838. The van der Waals surface area contributed by atoms with E-state index in [2.05, 4.69) is 24.5 Å². The number of aryl methyl sites for hydroxylation is 1. The number of fused-ring (bicyclic) bond motifs is 1. The zero-order valence-electron chi connectivity index (χ0n) is 23.9. The summed E-state index contributed by atoms with van der Waals surface area (Å²) in [7, 11) is 1.51. The number of benzene rings is 3. The number of ether oxygens (including phenoxy) is 2. The van der Waals surface area contributed by atoms with Crippen molar-refractivity contribution in [3.05, 3.63) is 77.4 Å².